The topological polar surface area (TPSA) is 64.3 Å². The van der Waals surface area contributed by atoms with Crippen LogP contribution in [0.2, 0.25) is 0 Å². The molecule has 4 heteroatoms. The number of nitrogens with one attached hydrogen (secondary N) is 1. The van der Waals surface area contributed by atoms with E-state index in [0.29, 0.717) is 12.3 Å². The van der Waals surface area contributed by atoms with Gasteiger partial charge in [0.05, 0.1) is 0 Å². The summed E-state index contributed by atoms with van der Waals surface area (Å²) in [5, 5.41) is 2.76. The van der Waals surface area contributed by atoms with Crippen molar-refractivity contribution in [2.45, 2.75) is 26.3 Å². The van der Waals surface area contributed by atoms with Crippen molar-refractivity contribution in [3.63, 3.8) is 0 Å². The summed E-state index contributed by atoms with van der Waals surface area (Å²) in [7, 11) is 0. The summed E-state index contributed by atoms with van der Waals surface area (Å²) in [5.41, 5.74) is 6.73. The van der Waals surface area contributed by atoms with Crippen LogP contribution in [-0.2, 0) is 4.79 Å². The maximum atomic E-state index is 11.4. The first-order valence-electron chi connectivity index (χ1n) is 5.89. The lowest BCUT2D eigenvalue weighted by atomic mass is 10.1. The van der Waals surface area contributed by atoms with Crippen molar-refractivity contribution in [3.8, 4) is 5.75 Å². The number of nitrogens with two attached hydrogens (primary N) is 1. The van der Waals surface area contributed by atoms with Gasteiger partial charge in [-0.25, -0.2) is 0 Å². The van der Waals surface area contributed by atoms with Crippen molar-refractivity contribution in [3.05, 3.63) is 29.8 Å². The summed E-state index contributed by atoms with van der Waals surface area (Å²) in [4.78, 5) is 11.4. The number of rotatable bonds is 6. The van der Waals surface area contributed by atoms with Crippen LogP contribution < -0.4 is 15.8 Å². The fourth-order valence-corrected chi connectivity index (χ4v) is 1.45. The highest BCUT2D eigenvalue weighted by molar-refractivity contribution is 5.77. The van der Waals surface area contributed by atoms with E-state index in [1.54, 1.807) is 0 Å². The number of hydrogen-bond donors (Lipinski definition) is 2. The number of ether oxygens (including phenoxy) is 1. The van der Waals surface area contributed by atoms with Gasteiger partial charge in [0.2, 0.25) is 0 Å². The van der Waals surface area contributed by atoms with Gasteiger partial charge in [-0.2, -0.15) is 0 Å². The molecular weight excluding hydrogens is 216 g/mol. The van der Waals surface area contributed by atoms with Crippen LogP contribution in [0.4, 0.5) is 0 Å². The zero-order chi connectivity index (χ0) is 12.7. The summed E-state index contributed by atoms with van der Waals surface area (Å²) in [5.74, 6) is 0.570. The molecule has 1 amide bonds. The number of para-hydroxylation sites is 1. The quantitative estimate of drug-likeness (QED) is 0.788. The van der Waals surface area contributed by atoms with Gasteiger partial charge in [-0.3, -0.25) is 4.79 Å². The standard InChI is InChI=1S/C13H20N2O2/c1-3-8-15-13(16)9-17-12-7-5-4-6-11(12)10(2)14/h4-7,10H,3,8-9,14H2,1-2H3,(H,15,16)/t10-/m0/s1. The summed E-state index contributed by atoms with van der Waals surface area (Å²) in [6, 6.07) is 7.40. The van der Waals surface area contributed by atoms with Gasteiger partial charge in [0.25, 0.3) is 5.91 Å². The normalized spacial score (nSPS) is 11.9. The maximum Gasteiger partial charge on any atom is 0.257 e. The van der Waals surface area contributed by atoms with Crippen LogP contribution in [0, 0.1) is 0 Å². The summed E-state index contributed by atoms with van der Waals surface area (Å²) >= 11 is 0. The highest BCUT2D eigenvalue weighted by atomic mass is 16.5. The van der Waals surface area contributed by atoms with E-state index in [-0.39, 0.29) is 18.6 Å². The minimum atomic E-state index is -0.107. The summed E-state index contributed by atoms with van der Waals surface area (Å²) in [6.45, 7) is 4.60. The largest absolute Gasteiger partial charge is 0.483 e. The lowest BCUT2D eigenvalue weighted by Crippen LogP contribution is -2.29. The van der Waals surface area contributed by atoms with Gasteiger partial charge in [-0.15, -0.1) is 0 Å². The second kappa shape index (κ2) is 6.91. The van der Waals surface area contributed by atoms with E-state index < -0.39 is 0 Å². The summed E-state index contributed by atoms with van der Waals surface area (Å²) in [6.07, 6.45) is 0.919. The monoisotopic (exact) mass is 236 g/mol. The van der Waals surface area contributed by atoms with Gasteiger partial charge in [0, 0.05) is 18.2 Å². The van der Waals surface area contributed by atoms with E-state index in [0.717, 1.165) is 12.0 Å². The Morgan fingerprint density at radius 1 is 1.47 bits per heavy atom. The Morgan fingerprint density at radius 2 is 2.18 bits per heavy atom. The number of benzene rings is 1. The molecule has 0 aliphatic carbocycles. The Kier molecular flexibility index (Phi) is 5.49. The van der Waals surface area contributed by atoms with Gasteiger partial charge in [0.1, 0.15) is 5.75 Å². The molecule has 17 heavy (non-hydrogen) atoms. The predicted octanol–water partition coefficient (Wildman–Crippen LogP) is 1.61. The lowest BCUT2D eigenvalue weighted by molar-refractivity contribution is -0.123. The van der Waals surface area contributed by atoms with Crippen molar-refractivity contribution < 1.29 is 9.53 Å². The van der Waals surface area contributed by atoms with Crippen LogP contribution in [0.3, 0.4) is 0 Å². The second-order valence-electron chi connectivity index (χ2n) is 3.97. The maximum absolute atomic E-state index is 11.4. The molecule has 1 aromatic rings. The molecule has 0 saturated carbocycles. The first kappa shape index (κ1) is 13.5. The Bertz CT molecular complexity index is 364. The average molecular weight is 236 g/mol. The fourth-order valence-electron chi connectivity index (χ4n) is 1.45. The second-order valence-corrected chi connectivity index (χ2v) is 3.97. The van der Waals surface area contributed by atoms with Crippen molar-refractivity contribution in [1.82, 2.24) is 5.32 Å². The van der Waals surface area contributed by atoms with Gasteiger partial charge in [0.15, 0.2) is 6.61 Å². The Hall–Kier alpha value is -1.55. The first-order valence-corrected chi connectivity index (χ1v) is 5.89. The minimum absolute atomic E-state index is 0.0315. The average Bonchev–Trinajstić information content (AvgIpc) is 2.34. The van der Waals surface area contributed by atoms with Crippen molar-refractivity contribution >= 4 is 5.91 Å². The molecule has 4 nitrogen and oxygen atoms in total. The number of amides is 1. The molecule has 94 valence electrons. The van der Waals surface area contributed by atoms with E-state index in [1.165, 1.54) is 0 Å². The molecule has 1 atom stereocenters. The third-order valence-electron chi connectivity index (χ3n) is 2.34. The molecule has 1 rings (SSSR count). The zero-order valence-corrected chi connectivity index (χ0v) is 10.4. The molecule has 0 radical (unpaired) electrons. The molecule has 0 heterocycles. The molecule has 0 fully saturated rings. The third-order valence-corrected chi connectivity index (χ3v) is 2.34. The Labute approximate surface area is 102 Å². The van der Waals surface area contributed by atoms with Gasteiger partial charge >= 0.3 is 0 Å². The molecule has 0 aromatic heterocycles. The number of carbonyl (C=O) groups excluding carboxylic acids is 1. The van der Waals surface area contributed by atoms with Crippen LogP contribution >= 0.6 is 0 Å². The molecule has 0 aliphatic rings. The highest BCUT2D eigenvalue weighted by Crippen LogP contribution is 2.22. The van der Waals surface area contributed by atoms with Gasteiger partial charge in [-0.1, -0.05) is 25.1 Å². The number of carbonyl (C=O) groups is 1. The minimum Gasteiger partial charge on any atom is -0.483 e. The number of hydrogen-bond acceptors (Lipinski definition) is 3. The highest BCUT2D eigenvalue weighted by Gasteiger charge is 2.08. The summed E-state index contributed by atoms with van der Waals surface area (Å²) < 4.78 is 5.47. The smallest absolute Gasteiger partial charge is 0.257 e. The van der Waals surface area contributed by atoms with E-state index in [2.05, 4.69) is 5.32 Å². The molecular formula is C13H20N2O2. The molecule has 0 unspecified atom stereocenters. The SMILES string of the molecule is CCCNC(=O)COc1ccccc1[C@H](C)N. The molecule has 3 N–H and O–H groups in total. The van der Waals surface area contributed by atoms with Crippen molar-refractivity contribution in [2.75, 3.05) is 13.2 Å². The Balaban J connectivity index is 2.54. The van der Waals surface area contributed by atoms with Gasteiger partial charge in [-0.05, 0) is 19.4 Å². The molecule has 0 saturated heterocycles. The molecule has 0 bridgehead atoms. The third kappa shape index (κ3) is 4.44. The van der Waals surface area contributed by atoms with E-state index in [9.17, 15) is 4.79 Å². The van der Waals surface area contributed by atoms with E-state index >= 15 is 0 Å². The van der Waals surface area contributed by atoms with Crippen LogP contribution in [0.1, 0.15) is 31.9 Å². The molecule has 0 aliphatic heterocycles. The Morgan fingerprint density at radius 3 is 2.82 bits per heavy atom. The fraction of sp³-hybridized carbons (Fsp3) is 0.462. The lowest BCUT2D eigenvalue weighted by Gasteiger charge is -2.13. The van der Waals surface area contributed by atoms with Crippen LogP contribution in [0.5, 0.6) is 5.75 Å². The van der Waals surface area contributed by atoms with Crippen molar-refractivity contribution in [2.24, 2.45) is 5.73 Å². The predicted molar refractivity (Wildman–Crippen MR) is 67.8 cm³/mol. The van der Waals surface area contributed by atoms with Crippen LogP contribution in [-0.4, -0.2) is 19.1 Å². The molecule has 0 spiro atoms. The molecule has 1 aromatic carbocycles. The van der Waals surface area contributed by atoms with Crippen LogP contribution in [0.15, 0.2) is 24.3 Å². The van der Waals surface area contributed by atoms with E-state index in [4.69, 9.17) is 10.5 Å². The van der Waals surface area contributed by atoms with Gasteiger partial charge < -0.3 is 15.8 Å². The zero-order valence-electron chi connectivity index (χ0n) is 10.4. The van der Waals surface area contributed by atoms with Crippen LogP contribution in [0.25, 0.3) is 0 Å². The first-order chi connectivity index (χ1) is 8.15. The van der Waals surface area contributed by atoms with Crippen molar-refractivity contribution in [1.29, 1.82) is 0 Å². The van der Waals surface area contributed by atoms with E-state index in [1.807, 2.05) is 38.1 Å².